The van der Waals surface area contributed by atoms with Gasteiger partial charge in [-0.2, -0.15) is 8.42 Å². The van der Waals surface area contributed by atoms with E-state index in [2.05, 4.69) is 13.8 Å². The Hall–Kier alpha value is -3.05. The van der Waals surface area contributed by atoms with Crippen LogP contribution in [0.1, 0.15) is 139 Å². The molecule has 3 aliphatic heterocycles. The summed E-state index contributed by atoms with van der Waals surface area (Å²) in [6.45, 7) is 17.5. The SMILES string of the molecule is CO[C@H]1C[C@@H]2CC[C@@H](C)[C@@](O)(O2)C(=O)C(=O)N2CCCC[C@H]2C(=O)O[C@H]([C@H](C)C[C@@H]2CC[C@@H](C)[C@H](OC)C2)C[C@@H](OS(C)(=O)=O)[C@H](C)/C=C(\C)[C@@H](C)[C@@H](OC)C(=O)[C@H](C)C[C@H](C)/C=C/C=C/C=C/1C. The number of fused-ring (bicyclic) bond motifs is 3. The van der Waals surface area contributed by atoms with Gasteiger partial charge in [-0.3, -0.25) is 18.6 Å². The molecule has 1 amide bonds. The van der Waals surface area contributed by atoms with Crippen molar-refractivity contribution in [3.8, 4) is 0 Å². The number of piperidine rings is 1. The molecular weight excluding hydrogens is 903 g/mol. The lowest BCUT2D eigenvalue weighted by Crippen LogP contribution is -2.61. The molecule has 0 unspecified atom stereocenters. The van der Waals surface area contributed by atoms with Gasteiger partial charge in [0.2, 0.25) is 5.79 Å². The summed E-state index contributed by atoms with van der Waals surface area (Å²) in [5.41, 5.74) is 1.71. The first-order valence-electron chi connectivity index (χ1n) is 25.6. The molecule has 0 aromatic rings. The highest BCUT2D eigenvalue weighted by Crippen LogP contribution is 2.39. The van der Waals surface area contributed by atoms with Crippen LogP contribution in [-0.4, -0.2) is 124 Å². The van der Waals surface area contributed by atoms with Gasteiger partial charge < -0.3 is 33.7 Å². The highest BCUT2D eigenvalue weighted by molar-refractivity contribution is 7.86. The molecule has 4 aliphatic rings. The molecule has 0 aromatic carbocycles. The first-order chi connectivity index (χ1) is 32.4. The standard InChI is InChI=1S/C54H87NO13S/c1-33-19-15-14-16-20-34(2)46(64-11)31-43-25-23-40(8)54(60,67-43)51(57)52(58)55-26-18-17-21-44(55)53(59)66-47(38(6)29-42-24-22-35(3)45(30-42)63-10)32-48(68-69(13,61)62)37(5)28-36(4)41(9)50(65-12)49(56)39(7)27-33/h14-16,19-20,28,33,35,37-48,50,60H,17-18,21-27,29-32H2,1-13H3/b16-14+,19-15+,34-20+,36-28+/t33-,35-,37-,38-,39-,40-,41-,42+,43+,44+,45-,46+,47+,48-,50-,54-/m1/s1. The summed E-state index contributed by atoms with van der Waals surface area (Å²) < 4.78 is 62.1. The summed E-state index contributed by atoms with van der Waals surface area (Å²) in [6.07, 6.45) is 15.8. The summed E-state index contributed by atoms with van der Waals surface area (Å²) in [5, 5.41) is 12.0. The van der Waals surface area contributed by atoms with Crippen LogP contribution < -0.4 is 0 Å². The molecule has 392 valence electrons. The van der Waals surface area contributed by atoms with Crippen LogP contribution in [0.4, 0.5) is 0 Å². The molecule has 16 atom stereocenters. The summed E-state index contributed by atoms with van der Waals surface area (Å²) in [7, 11) is 0.815. The van der Waals surface area contributed by atoms with Gasteiger partial charge in [0.1, 0.15) is 18.2 Å². The van der Waals surface area contributed by atoms with Crippen LogP contribution in [-0.2, 0) is 57.2 Å². The number of methoxy groups -OCH3 is 3. The largest absolute Gasteiger partial charge is 0.460 e. The molecule has 14 nitrogen and oxygen atoms in total. The number of ketones is 2. The van der Waals surface area contributed by atoms with E-state index >= 15 is 0 Å². The van der Waals surface area contributed by atoms with E-state index in [0.29, 0.717) is 50.9 Å². The molecule has 0 radical (unpaired) electrons. The first-order valence-corrected chi connectivity index (χ1v) is 27.4. The number of ether oxygens (including phenoxy) is 5. The fourth-order valence-corrected chi connectivity index (χ4v) is 11.8. The summed E-state index contributed by atoms with van der Waals surface area (Å²) >= 11 is 0. The third-order valence-corrected chi connectivity index (χ3v) is 16.3. The molecule has 2 bridgehead atoms. The van der Waals surface area contributed by atoms with E-state index in [4.69, 9.17) is 27.9 Å². The number of rotatable bonds is 8. The molecule has 2 saturated heterocycles. The third-order valence-electron chi connectivity index (χ3n) is 15.7. The molecular formula is C54H87NO13S. The Labute approximate surface area is 414 Å². The quantitative estimate of drug-likeness (QED) is 0.106. The zero-order chi connectivity index (χ0) is 51.4. The number of hydrogen-bond donors (Lipinski definition) is 1. The zero-order valence-electron chi connectivity index (χ0n) is 44.0. The zero-order valence-corrected chi connectivity index (χ0v) is 44.8. The van der Waals surface area contributed by atoms with Crippen LogP contribution >= 0.6 is 0 Å². The topological polar surface area (TPSA) is 181 Å². The van der Waals surface area contributed by atoms with Gasteiger partial charge in [0.05, 0.1) is 30.7 Å². The summed E-state index contributed by atoms with van der Waals surface area (Å²) in [5.74, 6) is -6.79. The lowest BCUT2D eigenvalue weighted by molar-refractivity contribution is -0.265. The Morgan fingerprint density at radius 2 is 1.54 bits per heavy atom. The maximum absolute atomic E-state index is 14.7. The normalized spacial score (nSPS) is 40.1. The second-order valence-corrected chi connectivity index (χ2v) is 22.9. The van der Waals surface area contributed by atoms with Crippen LogP contribution in [0.15, 0.2) is 47.6 Å². The monoisotopic (exact) mass is 990 g/mol. The second-order valence-electron chi connectivity index (χ2n) is 21.3. The Balaban J connectivity index is 1.78. The van der Waals surface area contributed by atoms with Gasteiger partial charge in [-0.05, 0) is 107 Å². The molecule has 1 aliphatic carbocycles. The second kappa shape index (κ2) is 26.6. The van der Waals surface area contributed by atoms with E-state index in [1.54, 1.807) is 21.1 Å². The smallest absolute Gasteiger partial charge is 0.329 e. The van der Waals surface area contributed by atoms with Crippen molar-refractivity contribution in [1.82, 2.24) is 4.90 Å². The minimum atomic E-state index is -4.03. The van der Waals surface area contributed by atoms with E-state index < -0.39 is 82.0 Å². The Bertz CT molecular complexity index is 1960. The molecule has 69 heavy (non-hydrogen) atoms. The lowest BCUT2D eigenvalue weighted by atomic mass is 9.75. The maximum Gasteiger partial charge on any atom is 0.329 e. The van der Waals surface area contributed by atoms with Gasteiger partial charge in [0, 0.05) is 64.4 Å². The number of esters is 1. The number of allylic oxidation sites excluding steroid dienone is 5. The van der Waals surface area contributed by atoms with Gasteiger partial charge >= 0.3 is 5.97 Å². The van der Waals surface area contributed by atoms with Gasteiger partial charge in [-0.15, -0.1) is 0 Å². The highest BCUT2D eigenvalue weighted by Gasteiger charge is 2.53. The van der Waals surface area contributed by atoms with Crippen molar-refractivity contribution >= 4 is 33.6 Å². The molecule has 4 rings (SSSR count). The van der Waals surface area contributed by atoms with Gasteiger partial charge in [-0.25, -0.2) is 4.79 Å². The van der Waals surface area contributed by atoms with Crippen LogP contribution in [0.2, 0.25) is 0 Å². The predicted octanol–water partition coefficient (Wildman–Crippen LogP) is 8.51. The molecule has 3 fully saturated rings. The number of amides is 1. The Morgan fingerprint density at radius 1 is 0.826 bits per heavy atom. The van der Waals surface area contributed by atoms with Crippen molar-refractivity contribution < 1.29 is 60.6 Å². The van der Waals surface area contributed by atoms with Crippen molar-refractivity contribution in [2.45, 2.75) is 188 Å². The van der Waals surface area contributed by atoms with E-state index in [1.807, 2.05) is 78.0 Å². The number of hydrogen-bond acceptors (Lipinski definition) is 13. The minimum absolute atomic E-state index is 0.00359. The maximum atomic E-state index is 14.7. The number of carbonyl (C=O) groups excluding carboxylic acids is 4. The van der Waals surface area contributed by atoms with E-state index in [1.165, 1.54) is 12.0 Å². The van der Waals surface area contributed by atoms with Crippen molar-refractivity contribution in [3.05, 3.63) is 47.6 Å². The van der Waals surface area contributed by atoms with Crippen LogP contribution in [0.5, 0.6) is 0 Å². The number of carbonyl (C=O) groups is 4. The fraction of sp³-hybridized carbons (Fsp3) is 0.778. The molecule has 1 saturated carbocycles. The predicted molar refractivity (Wildman–Crippen MR) is 266 cm³/mol. The molecule has 0 spiro atoms. The van der Waals surface area contributed by atoms with Crippen LogP contribution in [0, 0.1) is 47.3 Å². The minimum Gasteiger partial charge on any atom is -0.460 e. The third kappa shape index (κ3) is 16.2. The van der Waals surface area contributed by atoms with Crippen LogP contribution in [0.25, 0.3) is 0 Å². The highest BCUT2D eigenvalue weighted by atomic mass is 32.2. The summed E-state index contributed by atoms with van der Waals surface area (Å²) in [6, 6.07) is -1.13. The van der Waals surface area contributed by atoms with E-state index in [-0.39, 0.29) is 60.9 Å². The number of nitrogens with zero attached hydrogens (tertiary/aromatic N) is 1. The van der Waals surface area contributed by atoms with Crippen molar-refractivity contribution in [2.24, 2.45) is 47.3 Å². The van der Waals surface area contributed by atoms with Crippen molar-refractivity contribution in [2.75, 3.05) is 34.1 Å². The lowest BCUT2D eigenvalue weighted by Gasteiger charge is -2.43. The van der Waals surface area contributed by atoms with Crippen molar-refractivity contribution in [3.63, 3.8) is 0 Å². The van der Waals surface area contributed by atoms with Gasteiger partial charge in [-0.1, -0.05) is 90.5 Å². The van der Waals surface area contributed by atoms with Gasteiger partial charge in [0.15, 0.2) is 5.78 Å². The average molecular weight is 990 g/mol. The number of aliphatic hydroxyl groups is 1. The van der Waals surface area contributed by atoms with E-state index in [0.717, 1.165) is 36.7 Å². The number of Topliss-reactive ketones (excluding diaryl/α,β-unsaturated/α-hetero) is 2. The molecule has 1 N–H and O–H groups in total. The van der Waals surface area contributed by atoms with Crippen molar-refractivity contribution in [1.29, 1.82) is 0 Å². The molecule has 0 aromatic heterocycles. The molecule has 15 heteroatoms. The Morgan fingerprint density at radius 3 is 2.19 bits per heavy atom. The average Bonchev–Trinajstić information content (AvgIpc) is 3.30. The van der Waals surface area contributed by atoms with Crippen LogP contribution in [0.3, 0.4) is 0 Å². The van der Waals surface area contributed by atoms with E-state index in [9.17, 15) is 32.7 Å². The Kier molecular flexibility index (Phi) is 22.6. The molecule has 3 heterocycles. The number of cyclic esters (lactones) is 1. The first kappa shape index (κ1) is 58.5. The summed E-state index contributed by atoms with van der Waals surface area (Å²) in [4.78, 5) is 58.6. The fourth-order valence-electron chi connectivity index (χ4n) is 11.1. The van der Waals surface area contributed by atoms with Gasteiger partial charge in [0.25, 0.3) is 21.8 Å².